The second kappa shape index (κ2) is 7.84. The number of aromatic nitrogens is 4. The summed E-state index contributed by atoms with van der Waals surface area (Å²) in [5.41, 5.74) is 1.38. The van der Waals surface area contributed by atoms with Gasteiger partial charge >= 0.3 is 6.61 Å². The van der Waals surface area contributed by atoms with Crippen LogP contribution in [-0.4, -0.2) is 57.3 Å². The molecule has 4 rings (SSSR count). The van der Waals surface area contributed by atoms with Gasteiger partial charge < -0.3 is 15.0 Å². The van der Waals surface area contributed by atoms with E-state index in [9.17, 15) is 8.78 Å². The third-order valence-electron chi connectivity index (χ3n) is 4.73. The molecule has 0 aliphatic carbocycles. The summed E-state index contributed by atoms with van der Waals surface area (Å²) in [5.74, 6) is 0.497. The summed E-state index contributed by atoms with van der Waals surface area (Å²) in [7, 11) is 2.08. The van der Waals surface area contributed by atoms with Crippen molar-refractivity contribution in [3.8, 4) is 17.0 Å². The summed E-state index contributed by atoms with van der Waals surface area (Å²) >= 11 is 5.94. The van der Waals surface area contributed by atoms with Gasteiger partial charge in [0.25, 0.3) is 0 Å². The van der Waals surface area contributed by atoms with Crippen LogP contribution in [0.1, 0.15) is 12.8 Å². The van der Waals surface area contributed by atoms with Crippen LogP contribution in [0.2, 0.25) is 5.02 Å². The lowest BCUT2D eigenvalue weighted by molar-refractivity contribution is -0.0494. The monoisotopic (exact) mass is 408 g/mol. The average Bonchev–Trinajstić information content (AvgIpc) is 3.13. The zero-order valence-corrected chi connectivity index (χ0v) is 15.9. The molecular weight excluding hydrogens is 390 g/mol. The van der Waals surface area contributed by atoms with Crippen molar-refractivity contribution in [1.29, 1.82) is 0 Å². The fourth-order valence-corrected chi connectivity index (χ4v) is 3.64. The van der Waals surface area contributed by atoms with E-state index < -0.39 is 6.61 Å². The third kappa shape index (κ3) is 3.85. The highest BCUT2D eigenvalue weighted by molar-refractivity contribution is 6.30. The first-order chi connectivity index (χ1) is 13.5. The number of likely N-dealkylation sites (N-methyl/N-ethyl adjacent to an activating group) is 1. The number of nitrogens with one attached hydrogen (secondary N) is 1. The van der Waals surface area contributed by atoms with Crippen LogP contribution in [0.25, 0.3) is 16.8 Å². The molecule has 148 valence electrons. The molecule has 0 amide bonds. The van der Waals surface area contributed by atoms with Gasteiger partial charge in [0.2, 0.25) is 5.95 Å². The zero-order chi connectivity index (χ0) is 19.7. The van der Waals surface area contributed by atoms with E-state index in [4.69, 9.17) is 11.6 Å². The SMILES string of the molecule is CN1CCC[C@@H](Nc2nnc(-c3ccc(Cl)cc3OC(F)F)c3cncn23)C1. The van der Waals surface area contributed by atoms with Crippen molar-refractivity contribution in [2.75, 3.05) is 25.5 Å². The van der Waals surface area contributed by atoms with E-state index in [1.165, 1.54) is 6.07 Å². The van der Waals surface area contributed by atoms with E-state index in [2.05, 4.69) is 37.2 Å². The van der Waals surface area contributed by atoms with E-state index in [-0.39, 0.29) is 16.8 Å². The van der Waals surface area contributed by atoms with Gasteiger partial charge in [-0.2, -0.15) is 8.78 Å². The van der Waals surface area contributed by atoms with E-state index in [1.807, 2.05) is 0 Å². The van der Waals surface area contributed by atoms with Crippen LogP contribution in [0.15, 0.2) is 30.7 Å². The second-order valence-corrected chi connectivity index (χ2v) is 7.22. The Morgan fingerprint density at radius 1 is 1.32 bits per heavy atom. The molecule has 1 atom stereocenters. The molecule has 7 nitrogen and oxygen atoms in total. The number of hydrogen-bond donors (Lipinski definition) is 1. The van der Waals surface area contributed by atoms with Gasteiger partial charge in [0.15, 0.2) is 0 Å². The number of benzene rings is 1. The Kier molecular flexibility index (Phi) is 5.27. The summed E-state index contributed by atoms with van der Waals surface area (Å²) in [5, 5.41) is 12.3. The number of imidazole rings is 1. The number of hydrogen-bond acceptors (Lipinski definition) is 6. The van der Waals surface area contributed by atoms with Crippen LogP contribution in [0.4, 0.5) is 14.7 Å². The molecule has 1 aromatic carbocycles. The predicted molar refractivity (Wildman–Crippen MR) is 102 cm³/mol. The quantitative estimate of drug-likeness (QED) is 0.696. The van der Waals surface area contributed by atoms with Crippen molar-refractivity contribution in [3.63, 3.8) is 0 Å². The highest BCUT2D eigenvalue weighted by Crippen LogP contribution is 2.35. The average molecular weight is 409 g/mol. The number of likely N-dealkylation sites (tertiary alicyclic amines) is 1. The van der Waals surface area contributed by atoms with Gasteiger partial charge in [0.05, 0.1) is 11.7 Å². The summed E-state index contributed by atoms with van der Waals surface area (Å²) in [6, 6.07) is 4.76. The van der Waals surface area contributed by atoms with E-state index in [0.717, 1.165) is 25.9 Å². The minimum atomic E-state index is -2.98. The Balaban J connectivity index is 1.72. The number of anilines is 1. The molecule has 1 aliphatic heterocycles. The Morgan fingerprint density at radius 2 is 2.18 bits per heavy atom. The molecule has 3 heterocycles. The van der Waals surface area contributed by atoms with Crippen LogP contribution in [0, 0.1) is 0 Å². The van der Waals surface area contributed by atoms with Gasteiger partial charge in [-0.25, -0.2) is 4.98 Å². The molecule has 2 aromatic heterocycles. The predicted octanol–water partition coefficient (Wildman–Crippen LogP) is 3.55. The first-order valence-electron chi connectivity index (χ1n) is 8.90. The van der Waals surface area contributed by atoms with Crippen LogP contribution >= 0.6 is 11.6 Å². The highest BCUT2D eigenvalue weighted by atomic mass is 35.5. The standard InChI is InChI=1S/C18H19ClF2N6O/c1-26-6-2-3-12(9-26)23-18-25-24-16(14-8-22-10-27(14)18)13-5-4-11(19)7-15(13)28-17(20)21/h4-5,7-8,10,12,17H,2-3,6,9H2,1H3,(H,23,25)/t12-/m1/s1. The lowest BCUT2D eigenvalue weighted by Crippen LogP contribution is -2.40. The molecule has 0 spiro atoms. The van der Waals surface area contributed by atoms with Crippen LogP contribution in [-0.2, 0) is 0 Å². The number of fused-ring (bicyclic) bond motifs is 1. The molecule has 10 heteroatoms. The Labute approximate surface area is 165 Å². The number of rotatable bonds is 5. The molecule has 3 aromatic rings. The van der Waals surface area contributed by atoms with E-state index >= 15 is 0 Å². The maximum atomic E-state index is 12.8. The molecule has 0 bridgehead atoms. The van der Waals surface area contributed by atoms with Crippen LogP contribution < -0.4 is 10.1 Å². The van der Waals surface area contributed by atoms with Gasteiger partial charge in [0, 0.05) is 23.2 Å². The van der Waals surface area contributed by atoms with Gasteiger partial charge in [-0.05, 0) is 44.6 Å². The highest BCUT2D eigenvalue weighted by Gasteiger charge is 2.21. The van der Waals surface area contributed by atoms with Gasteiger partial charge in [-0.1, -0.05) is 11.6 Å². The van der Waals surface area contributed by atoms with Crippen LogP contribution in [0.3, 0.4) is 0 Å². The first kappa shape index (κ1) is 18.8. The maximum absolute atomic E-state index is 12.8. The summed E-state index contributed by atoms with van der Waals surface area (Å²) in [6.07, 6.45) is 5.37. The topological polar surface area (TPSA) is 67.6 Å². The normalized spacial score (nSPS) is 18.0. The van der Waals surface area contributed by atoms with Crippen molar-refractivity contribution in [2.24, 2.45) is 0 Å². The summed E-state index contributed by atoms with van der Waals surface area (Å²) in [6.45, 7) is -0.994. The molecule has 1 N–H and O–H groups in total. The van der Waals surface area contributed by atoms with Crippen molar-refractivity contribution >= 4 is 23.1 Å². The number of piperidine rings is 1. The van der Waals surface area contributed by atoms with Crippen molar-refractivity contribution in [3.05, 3.63) is 35.7 Å². The lowest BCUT2D eigenvalue weighted by Gasteiger charge is -2.30. The van der Waals surface area contributed by atoms with Crippen molar-refractivity contribution in [1.82, 2.24) is 24.5 Å². The Morgan fingerprint density at radius 3 is 2.96 bits per heavy atom. The smallest absolute Gasteiger partial charge is 0.387 e. The molecular formula is C18H19ClF2N6O. The third-order valence-corrected chi connectivity index (χ3v) is 4.96. The zero-order valence-electron chi connectivity index (χ0n) is 15.1. The van der Waals surface area contributed by atoms with Crippen LogP contribution in [0.5, 0.6) is 5.75 Å². The first-order valence-corrected chi connectivity index (χ1v) is 9.27. The minimum absolute atomic E-state index is 0.0606. The van der Waals surface area contributed by atoms with Crippen molar-refractivity contribution < 1.29 is 13.5 Å². The summed E-state index contributed by atoms with van der Waals surface area (Å²) < 4.78 is 32.0. The van der Waals surface area contributed by atoms with Gasteiger partial charge in [-0.3, -0.25) is 4.40 Å². The summed E-state index contributed by atoms with van der Waals surface area (Å²) in [4.78, 5) is 6.44. The minimum Gasteiger partial charge on any atom is -0.434 e. The van der Waals surface area contributed by atoms with Crippen molar-refractivity contribution in [2.45, 2.75) is 25.5 Å². The van der Waals surface area contributed by atoms with E-state index in [1.54, 1.807) is 29.1 Å². The Bertz CT molecular complexity index is 982. The molecule has 0 radical (unpaired) electrons. The largest absolute Gasteiger partial charge is 0.434 e. The molecule has 1 saturated heterocycles. The number of nitrogens with zero attached hydrogens (tertiary/aromatic N) is 5. The van der Waals surface area contributed by atoms with E-state index in [0.29, 0.717) is 22.7 Å². The lowest BCUT2D eigenvalue weighted by atomic mass is 10.1. The van der Waals surface area contributed by atoms with Gasteiger partial charge in [-0.15, -0.1) is 10.2 Å². The van der Waals surface area contributed by atoms with Gasteiger partial charge in [0.1, 0.15) is 17.8 Å². The second-order valence-electron chi connectivity index (χ2n) is 6.79. The molecule has 0 saturated carbocycles. The molecule has 28 heavy (non-hydrogen) atoms. The molecule has 1 fully saturated rings. The molecule has 1 aliphatic rings. The Hall–Kier alpha value is -2.52. The number of ether oxygens (including phenoxy) is 1. The number of halogens is 3. The number of alkyl halides is 2. The fraction of sp³-hybridized carbons (Fsp3) is 0.389. The fourth-order valence-electron chi connectivity index (χ4n) is 3.48. The molecule has 0 unspecified atom stereocenters. The maximum Gasteiger partial charge on any atom is 0.387 e.